The Morgan fingerprint density at radius 1 is 1.22 bits per heavy atom. The van der Waals surface area contributed by atoms with Gasteiger partial charge >= 0.3 is 0 Å². The third-order valence-corrected chi connectivity index (χ3v) is 3.68. The van der Waals surface area contributed by atoms with Gasteiger partial charge in [-0.15, -0.1) is 0 Å². The first kappa shape index (κ1) is 11.5. The average molecular weight is 242 g/mol. The van der Waals surface area contributed by atoms with Gasteiger partial charge < -0.3 is 5.11 Å². The van der Waals surface area contributed by atoms with Crippen molar-refractivity contribution in [3.8, 4) is 0 Å². The SMILES string of the molecule is OC(C1=CCCCCC1)c1cnn2ccccc12. The van der Waals surface area contributed by atoms with Gasteiger partial charge in [0.2, 0.25) is 0 Å². The molecule has 0 bridgehead atoms. The van der Waals surface area contributed by atoms with Gasteiger partial charge in [-0.25, -0.2) is 4.52 Å². The molecule has 0 aromatic carbocycles. The number of aliphatic hydroxyl groups is 1. The van der Waals surface area contributed by atoms with Crippen LogP contribution in [0.3, 0.4) is 0 Å². The Balaban J connectivity index is 1.96. The zero-order chi connectivity index (χ0) is 12.4. The lowest BCUT2D eigenvalue weighted by molar-refractivity contribution is 0.212. The minimum Gasteiger partial charge on any atom is -0.384 e. The molecule has 0 saturated heterocycles. The number of nitrogens with zero attached hydrogens (tertiary/aromatic N) is 2. The van der Waals surface area contributed by atoms with E-state index >= 15 is 0 Å². The van der Waals surface area contributed by atoms with Crippen molar-refractivity contribution in [3.05, 3.63) is 47.8 Å². The predicted molar refractivity (Wildman–Crippen MR) is 71.3 cm³/mol. The van der Waals surface area contributed by atoms with Gasteiger partial charge in [-0.3, -0.25) is 0 Å². The summed E-state index contributed by atoms with van der Waals surface area (Å²) in [5.74, 6) is 0. The van der Waals surface area contributed by atoms with E-state index in [0.29, 0.717) is 0 Å². The second kappa shape index (κ2) is 4.94. The lowest BCUT2D eigenvalue weighted by Gasteiger charge is -2.13. The van der Waals surface area contributed by atoms with Gasteiger partial charge in [0.05, 0.1) is 11.7 Å². The van der Waals surface area contributed by atoms with Crippen LogP contribution in [0.15, 0.2) is 42.2 Å². The van der Waals surface area contributed by atoms with E-state index in [1.54, 1.807) is 6.20 Å². The molecule has 0 fully saturated rings. The van der Waals surface area contributed by atoms with Gasteiger partial charge in [0.15, 0.2) is 0 Å². The van der Waals surface area contributed by atoms with E-state index in [-0.39, 0.29) is 0 Å². The summed E-state index contributed by atoms with van der Waals surface area (Å²) >= 11 is 0. The van der Waals surface area contributed by atoms with Gasteiger partial charge in [0.1, 0.15) is 6.10 Å². The molecule has 1 aliphatic rings. The number of hydrogen-bond acceptors (Lipinski definition) is 2. The van der Waals surface area contributed by atoms with Crippen molar-refractivity contribution < 1.29 is 5.11 Å². The maximum atomic E-state index is 10.5. The molecule has 1 aliphatic carbocycles. The van der Waals surface area contributed by atoms with Crippen molar-refractivity contribution in [2.24, 2.45) is 0 Å². The third kappa shape index (κ3) is 2.06. The van der Waals surface area contributed by atoms with Gasteiger partial charge in [0, 0.05) is 11.8 Å². The van der Waals surface area contributed by atoms with Crippen LogP contribution in [0.4, 0.5) is 0 Å². The molecule has 18 heavy (non-hydrogen) atoms. The van der Waals surface area contributed by atoms with Crippen molar-refractivity contribution in [3.63, 3.8) is 0 Å². The lowest BCUT2D eigenvalue weighted by atomic mass is 9.99. The lowest BCUT2D eigenvalue weighted by Crippen LogP contribution is -2.01. The Bertz CT molecular complexity index is 571. The standard InChI is InChI=1S/C15H18N2O/c18-15(12-7-3-1-2-4-8-12)13-11-16-17-10-6-5-9-14(13)17/h5-7,9-11,15,18H,1-4,8H2. The fraction of sp³-hybridized carbons (Fsp3) is 0.400. The van der Waals surface area contributed by atoms with Gasteiger partial charge in [-0.05, 0) is 43.4 Å². The molecule has 3 rings (SSSR count). The zero-order valence-electron chi connectivity index (χ0n) is 10.4. The molecule has 0 aliphatic heterocycles. The number of rotatable bonds is 2. The molecule has 1 atom stereocenters. The van der Waals surface area contributed by atoms with E-state index in [1.807, 2.05) is 28.9 Å². The number of aromatic nitrogens is 2. The Morgan fingerprint density at radius 2 is 2.17 bits per heavy atom. The normalized spacial score (nSPS) is 18.4. The third-order valence-electron chi connectivity index (χ3n) is 3.68. The number of pyridine rings is 1. The summed E-state index contributed by atoms with van der Waals surface area (Å²) in [5, 5.41) is 14.8. The van der Waals surface area contributed by atoms with Gasteiger partial charge in [-0.2, -0.15) is 5.10 Å². The summed E-state index contributed by atoms with van der Waals surface area (Å²) in [6, 6.07) is 5.93. The van der Waals surface area contributed by atoms with Crippen LogP contribution in [0, 0.1) is 0 Å². The van der Waals surface area contributed by atoms with Crippen molar-refractivity contribution in [1.82, 2.24) is 9.61 Å². The Kier molecular flexibility index (Phi) is 3.15. The van der Waals surface area contributed by atoms with Crippen molar-refractivity contribution in [2.45, 2.75) is 38.2 Å². The highest BCUT2D eigenvalue weighted by atomic mass is 16.3. The highest BCUT2D eigenvalue weighted by Crippen LogP contribution is 2.31. The Morgan fingerprint density at radius 3 is 3.11 bits per heavy atom. The molecule has 2 aromatic heterocycles. The largest absolute Gasteiger partial charge is 0.384 e. The molecule has 0 radical (unpaired) electrons. The zero-order valence-corrected chi connectivity index (χ0v) is 10.4. The van der Waals surface area contributed by atoms with E-state index in [4.69, 9.17) is 0 Å². The molecule has 1 N–H and O–H groups in total. The number of hydrogen-bond donors (Lipinski definition) is 1. The Hall–Kier alpha value is -1.61. The molecule has 0 saturated carbocycles. The summed E-state index contributed by atoms with van der Waals surface area (Å²) in [6.45, 7) is 0. The minimum absolute atomic E-state index is 0.497. The Labute approximate surface area is 107 Å². The summed E-state index contributed by atoms with van der Waals surface area (Å²) in [7, 11) is 0. The van der Waals surface area contributed by atoms with Crippen LogP contribution in [0.25, 0.3) is 5.52 Å². The molecule has 1 unspecified atom stereocenters. The summed E-state index contributed by atoms with van der Waals surface area (Å²) < 4.78 is 1.82. The fourth-order valence-electron chi connectivity index (χ4n) is 2.65. The molecular weight excluding hydrogens is 224 g/mol. The summed E-state index contributed by atoms with van der Waals surface area (Å²) in [4.78, 5) is 0. The van der Waals surface area contributed by atoms with Crippen LogP contribution in [0.1, 0.15) is 43.8 Å². The molecular formula is C15H18N2O. The first-order chi connectivity index (χ1) is 8.86. The molecule has 0 amide bonds. The second-order valence-corrected chi connectivity index (χ2v) is 4.91. The number of allylic oxidation sites excluding steroid dienone is 1. The first-order valence-electron chi connectivity index (χ1n) is 6.65. The van der Waals surface area contributed by atoms with Crippen molar-refractivity contribution >= 4 is 5.52 Å². The van der Waals surface area contributed by atoms with Crippen molar-refractivity contribution in [2.75, 3.05) is 0 Å². The molecule has 3 nitrogen and oxygen atoms in total. The first-order valence-corrected chi connectivity index (χ1v) is 6.65. The topological polar surface area (TPSA) is 37.5 Å². The van der Waals surface area contributed by atoms with E-state index in [2.05, 4.69) is 11.2 Å². The molecule has 0 spiro atoms. The number of fused-ring (bicyclic) bond motifs is 1. The molecule has 94 valence electrons. The fourth-order valence-corrected chi connectivity index (χ4v) is 2.65. The molecule has 2 heterocycles. The predicted octanol–water partition coefficient (Wildman–Crippen LogP) is 3.26. The second-order valence-electron chi connectivity index (χ2n) is 4.91. The van der Waals surface area contributed by atoms with Crippen LogP contribution in [-0.4, -0.2) is 14.7 Å². The highest BCUT2D eigenvalue weighted by Gasteiger charge is 2.18. The van der Waals surface area contributed by atoms with E-state index in [1.165, 1.54) is 19.3 Å². The van der Waals surface area contributed by atoms with E-state index < -0.39 is 6.10 Å². The van der Waals surface area contributed by atoms with Crippen LogP contribution in [-0.2, 0) is 0 Å². The van der Waals surface area contributed by atoms with Crippen molar-refractivity contribution in [1.29, 1.82) is 0 Å². The van der Waals surface area contributed by atoms with Crippen LogP contribution in [0.2, 0.25) is 0 Å². The van der Waals surface area contributed by atoms with Crippen LogP contribution in [0.5, 0.6) is 0 Å². The van der Waals surface area contributed by atoms with Crippen LogP contribution >= 0.6 is 0 Å². The quantitative estimate of drug-likeness (QED) is 0.821. The number of aliphatic hydroxyl groups excluding tert-OH is 1. The van der Waals surface area contributed by atoms with Gasteiger partial charge in [0.25, 0.3) is 0 Å². The monoisotopic (exact) mass is 242 g/mol. The maximum Gasteiger partial charge on any atom is 0.104 e. The smallest absolute Gasteiger partial charge is 0.104 e. The van der Waals surface area contributed by atoms with E-state index in [9.17, 15) is 5.11 Å². The van der Waals surface area contributed by atoms with E-state index in [0.717, 1.165) is 29.5 Å². The summed E-state index contributed by atoms with van der Waals surface area (Å²) in [6.07, 6.45) is 11.2. The highest BCUT2D eigenvalue weighted by molar-refractivity contribution is 5.56. The minimum atomic E-state index is -0.497. The maximum absolute atomic E-state index is 10.5. The molecule has 2 aromatic rings. The molecule has 3 heteroatoms. The van der Waals surface area contributed by atoms with Gasteiger partial charge in [-0.1, -0.05) is 18.6 Å². The van der Waals surface area contributed by atoms with Crippen LogP contribution < -0.4 is 0 Å². The summed E-state index contributed by atoms with van der Waals surface area (Å²) in [5.41, 5.74) is 3.07. The average Bonchev–Trinajstić information content (AvgIpc) is 2.65.